The second kappa shape index (κ2) is 12.9. The minimum atomic E-state index is 0.0724. The summed E-state index contributed by atoms with van der Waals surface area (Å²) >= 11 is 6.16. The molecule has 1 unspecified atom stereocenters. The van der Waals surface area contributed by atoms with Gasteiger partial charge in [0.15, 0.2) is 0 Å². The van der Waals surface area contributed by atoms with Crippen molar-refractivity contribution in [3.05, 3.63) is 114 Å². The van der Waals surface area contributed by atoms with E-state index in [-0.39, 0.29) is 11.9 Å². The first-order chi connectivity index (χ1) is 18.7. The number of rotatable bonds is 10. The van der Waals surface area contributed by atoms with Gasteiger partial charge in [-0.05, 0) is 28.8 Å². The molecule has 1 amide bonds. The van der Waals surface area contributed by atoms with E-state index < -0.39 is 0 Å². The van der Waals surface area contributed by atoms with Gasteiger partial charge in [-0.15, -0.1) is 0 Å². The number of piperazine rings is 1. The fraction of sp³-hybridized carbons (Fsp3) is 0.290. The minimum Gasteiger partial charge on any atom is -0.355 e. The molecular formula is C31H34ClN5O. The molecule has 1 atom stereocenters. The molecule has 7 heteroatoms. The van der Waals surface area contributed by atoms with E-state index in [1.165, 1.54) is 11.1 Å². The Morgan fingerprint density at radius 2 is 1.50 bits per heavy atom. The number of aromatic nitrogens is 2. The number of carbonyl (C=O) groups is 1. The third kappa shape index (κ3) is 6.70. The number of halogens is 1. The van der Waals surface area contributed by atoms with Crippen LogP contribution in [0.1, 0.15) is 23.6 Å². The summed E-state index contributed by atoms with van der Waals surface area (Å²) in [6.07, 6.45) is 4.08. The maximum Gasteiger partial charge on any atom is 0.221 e. The molecule has 0 spiro atoms. The molecule has 0 bridgehead atoms. The quantitative estimate of drug-likeness (QED) is 0.311. The summed E-state index contributed by atoms with van der Waals surface area (Å²) in [5.74, 6) is 0.0724. The summed E-state index contributed by atoms with van der Waals surface area (Å²) in [5.41, 5.74) is 4.69. The topological polar surface area (TPSA) is 53.4 Å². The van der Waals surface area contributed by atoms with E-state index in [4.69, 9.17) is 11.6 Å². The predicted octanol–water partition coefficient (Wildman–Crippen LogP) is 5.12. The standard InChI is InChI=1S/C31H34ClN5O/c32-28-13-11-27(12-14-28)31(26-9-5-2-6-10-26)36-21-19-35(20-22-36)18-16-34-30(38)15-17-37-24-33-23-29(37)25-7-3-1-4-8-25/h1-14,23-24,31H,15-22H2,(H,34,38). The summed E-state index contributed by atoms with van der Waals surface area (Å²) < 4.78 is 2.04. The maximum atomic E-state index is 12.5. The maximum absolute atomic E-state index is 12.5. The van der Waals surface area contributed by atoms with Crippen LogP contribution in [0.2, 0.25) is 5.02 Å². The van der Waals surface area contributed by atoms with Gasteiger partial charge in [-0.3, -0.25) is 14.6 Å². The predicted molar refractivity (Wildman–Crippen MR) is 153 cm³/mol. The second-order valence-electron chi connectivity index (χ2n) is 9.68. The Labute approximate surface area is 229 Å². The van der Waals surface area contributed by atoms with Gasteiger partial charge in [0.25, 0.3) is 0 Å². The average molecular weight is 528 g/mol. The highest BCUT2D eigenvalue weighted by molar-refractivity contribution is 6.30. The zero-order chi connectivity index (χ0) is 26.2. The first-order valence-electron chi connectivity index (χ1n) is 13.3. The lowest BCUT2D eigenvalue weighted by molar-refractivity contribution is -0.121. The van der Waals surface area contributed by atoms with E-state index >= 15 is 0 Å². The van der Waals surface area contributed by atoms with Crippen molar-refractivity contribution in [2.45, 2.75) is 19.0 Å². The number of imidazole rings is 1. The van der Waals surface area contributed by atoms with Crippen molar-refractivity contribution in [1.29, 1.82) is 0 Å². The Hall–Kier alpha value is -3.45. The molecule has 1 aliphatic heterocycles. The fourth-order valence-electron chi connectivity index (χ4n) is 5.15. The molecule has 0 aliphatic carbocycles. The molecule has 1 fully saturated rings. The van der Waals surface area contributed by atoms with E-state index in [1.807, 2.05) is 41.1 Å². The van der Waals surface area contributed by atoms with E-state index in [2.05, 4.69) is 74.7 Å². The van der Waals surface area contributed by atoms with Gasteiger partial charge in [0.2, 0.25) is 5.91 Å². The van der Waals surface area contributed by atoms with E-state index in [1.54, 1.807) is 6.33 Å². The Balaban J connectivity index is 1.08. The molecule has 1 saturated heterocycles. The SMILES string of the molecule is O=C(CCn1cncc1-c1ccccc1)NCCN1CCN(C(c2ccccc2)c2ccc(Cl)cc2)CC1. The van der Waals surface area contributed by atoms with Crippen LogP contribution in [0.4, 0.5) is 0 Å². The van der Waals surface area contributed by atoms with Crippen LogP contribution < -0.4 is 5.32 Å². The molecule has 3 aromatic carbocycles. The summed E-state index contributed by atoms with van der Waals surface area (Å²) in [4.78, 5) is 21.8. The lowest BCUT2D eigenvalue weighted by Crippen LogP contribution is -2.49. The number of hydrogen-bond donors (Lipinski definition) is 1. The normalized spacial score (nSPS) is 15.3. The van der Waals surface area contributed by atoms with Crippen LogP contribution in [0.15, 0.2) is 97.5 Å². The van der Waals surface area contributed by atoms with Gasteiger partial charge in [-0.2, -0.15) is 0 Å². The summed E-state index contributed by atoms with van der Waals surface area (Å²) in [6.45, 7) is 6.02. The Kier molecular flexibility index (Phi) is 8.86. The fourth-order valence-corrected chi connectivity index (χ4v) is 5.28. The molecular weight excluding hydrogens is 494 g/mol. The largest absolute Gasteiger partial charge is 0.355 e. The summed E-state index contributed by atoms with van der Waals surface area (Å²) in [5, 5.41) is 3.86. The summed E-state index contributed by atoms with van der Waals surface area (Å²) in [7, 11) is 0. The first-order valence-corrected chi connectivity index (χ1v) is 13.6. The Bertz CT molecular complexity index is 1280. The molecule has 1 N–H and O–H groups in total. The highest BCUT2D eigenvalue weighted by Crippen LogP contribution is 2.30. The molecule has 5 rings (SSSR count). The zero-order valence-corrected chi connectivity index (χ0v) is 22.3. The zero-order valence-electron chi connectivity index (χ0n) is 21.5. The number of nitrogens with one attached hydrogen (secondary N) is 1. The van der Waals surface area contributed by atoms with Gasteiger partial charge in [-0.1, -0.05) is 84.4 Å². The number of nitrogens with zero attached hydrogens (tertiary/aromatic N) is 4. The highest BCUT2D eigenvalue weighted by atomic mass is 35.5. The van der Waals surface area contributed by atoms with E-state index in [0.717, 1.165) is 49.0 Å². The van der Waals surface area contributed by atoms with Crippen LogP contribution in [0, 0.1) is 0 Å². The van der Waals surface area contributed by atoms with Crippen LogP contribution in [0.5, 0.6) is 0 Å². The Morgan fingerprint density at radius 3 is 2.21 bits per heavy atom. The van der Waals surface area contributed by atoms with Gasteiger partial charge >= 0.3 is 0 Å². The van der Waals surface area contributed by atoms with Gasteiger partial charge < -0.3 is 9.88 Å². The van der Waals surface area contributed by atoms with Crippen molar-refractivity contribution < 1.29 is 4.79 Å². The number of amides is 1. The monoisotopic (exact) mass is 527 g/mol. The van der Waals surface area contributed by atoms with Crippen molar-refractivity contribution in [3.8, 4) is 11.3 Å². The molecule has 4 aromatic rings. The van der Waals surface area contributed by atoms with Crippen molar-refractivity contribution in [3.63, 3.8) is 0 Å². The minimum absolute atomic E-state index is 0.0724. The Morgan fingerprint density at radius 1 is 0.842 bits per heavy atom. The second-order valence-corrected chi connectivity index (χ2v) is 10.1. The number of carbonyl (C=O) groups excluding carboxylic acids is 1. The molecule has 2 heterocycles. The van der Waals surface area contributed by atoms with Crippen LogP contribution in [0.3, 0.4) is 0 Å². The van der Waals surface area contributed by atoms with Crippen LogP contribution >= 0.6 is 11.6 Å². The lowest BCUT2D eigenvalue weighted by Gasteiger charge is -2.39. The van der Waals surface area contributed by atoms with Gasteiger partial charge in [0, 0.05) is 57.3 Å². The molecule has 0 radical (unpaired) electrons. The van der Waals surface area contributed by atoms with Crippen molar-refractivity contribution in [1.82, 2.24) is 24.7 Å². The summed E-state index contributed by atoms with van der Waals surface area (Å²) in [6, 6.07) is 29.2. The third-order valence-corrected chi connectivity index (χ3v) is 7.44. The van der Waals surface area contributed by atoms with E-state index in [9.17, 15) is 4.79 Å². The van der Waals surface area contributed by atoms with E-state index in [0.29, 0.717) is 19.5 Å². The van der Waals surface area contributed by atoms with Crippen molar-refractivity contribution in [2.75, 3.05) is 39.3 Å². The first kappa shape index (κ1) is 26.2. The average Bonchev–Trinajstić information content (AvgIpc) is 3.44. The number of hydrogen-bond acceptors (Lipinski definition) is 4. The number of aryl methyl sites for hydroxylation is 1. The van der Waals surface area contributed by atoms with Crippen LogP contribution in [-0.2, 0) is 11.3 Å². The number of benzene rings is 3. The molecule has 196 valence electrons. The van der Waals surface area contributed by atoms with Crippen LogP contribution in [0.25, 0.3) is 11.3 Å². The molecule has 1 aliphatic rings. The molecule has 38 heavy (non-hydrogen) atoms. The van der Waals surface area contributed by atoms with Gasteiger partial charge in [0.1, 0.15) is 0 Å². The highest BCUT2D eigenvalue weighted by Gasteiger charge is 2.26. The van der Waals surface area contributed by atoms with Gasteiger partial charge in [-0.25, -0.2) is 4.98 Å². The molecule has 0 saturated carbocycles. The molecule has 6 nitrogen and oxygen atoms in total. The third-order valence-electron chi connectivity index (χ3n) is 7.18. The van der Waals surface area contributed by atoms with Crippen molar-refractivity contribution in [2.24, 2.45) is 0 Å². The molecule has 1 aromatic heterocycles. The smallest absolute Gasteiger partial charge is 0.221 e. The van der Waals surface area contributed by atoms with Crippen LogP contribution in [-0.4, -0.2) is 64.5 Å². The lowest BCUT2D eigenvalue weighted by atomic mass is 9.96. The van der Waals surface area contributed by atoms with Gasteiger partial charge in [0.05, 0.1) is 24.3 Å². The van der Waals surface area contributed by atoms with Crippen molar-refractivity contribution >= 4 is 17.5 Å².